The summed E-state index contributed by atoms with van der Waals surface area (Å²) >= 11 is 3.50. The molecule has 1 aromatic heterocycles. The lowest BCUT2D eigenvalue weighted by atomic mass is 10.1. The Balaban J connectivity index is 1.93. The highest BCUT2D eigenvalue weighted by Crippen LogP contribution is 2.27. The van der Waals surface area contributed by atoms with E-state index in [9.17, 15) is 0 Å². The average molecular weight is 280 g/mol. The Morgan fingerprint density at radius 2 is 2.12 bits per heavy atom. The van der Waals surface area contributed by atoms with E-state index < -0.39 is 0 Å². The van der Waals surface area contributed by atoms with Gasteiger partial charge in [-0.1, -0.05) is 34.0 Å². The number of aromatic nitrogens is 3. The Morgan fingerprint density at radius 1 is 1.31 bits per heavy atom. The molecule has 4 heteroatoms. The summed E-state index contributed by atoms with van der Waals surface area (Å²) in [4.78, 5) is 0. The van der Waals surface area contributed by atoms with Crippen molar-refractivity contribution in [2.24, 2.45) is 5.92 Å². The molecule has 84 valence electrons. The van der Waals surface area contributed by atoms with Crippen molar-refractivity contribution in [1.29, 1.82) is 0 Å². The molecule has 16 heavy (non-hydrogen) atoms. The molecule has 0 N–H and O–H groups in total. The highest BCUT2D eigenvalue weighted by atomic mass is 79.9. The van der Waals surface area contributed by atoms with Crippen LogP contribution >= 0.6 is 15.9 Å². The molecule has 1 saturated carbocycles. The van der Waals surface area contributed by atoms with Crippen LogP contribution in [0.2, 0.25) is 0 Å². The van der Waals surface area contributed by atoms with Crippen LogP contribution < -0.4 is 0 Å². The molecule has 0 unspecified atom stereocenters. The first kappa shape index (κ1) is 10.3. The third kappa shape index (κ3) is 1.86. The van der Waals surface area contributed by atoms with Crippen LogP contribution in [-0.4, -0.2) is 15.0 Å². The Kier molecular flexibility index (Phi) is 2.67. The second-order valence-corrected chi connectivity index (χ2v) is 5.47. The predicted molar refractivity (Wildman–Crippen MR) is 67.2 cm³/mol. The minimum atomic E-state index is 0.795. The molecule has 0 amide bonds. The van der Waals surface area contributed by atoms with Crippen LogP contribution in [0, 0.1) is 5.92 Å². The second kappa shape index (κ2) is 4.17. The molecule has 3 nitrogen and oxygen atoms in total. The second-order valence-electron chi connectivity index (χ2n) is 4.56. The van der Waals surface area contributed by atoms with Gasteiger partial charge in [0.2, 0.25) is 0 Å². The van der Waals surface area contributed by atoms with Gasteiger partial charge in [0.15, 0.2) is 0 Å². The first-order chi connectivity index (χ1) is 7.83. The van der Waals surface area contributed by atoms with Crippen LogP contribution in [0.4, 0.5) is 0 Å². The van der Waals surface area contributed by atoms with E-state index in [1.165, 1.54) is 25.7 Å². The molecule has 1 fully saturated rings. The summed E-state index contributed by atoms with van der Waals surface area (Å²) in [6.07, 6.45) is 5.44. The van der Waals surface area contributed by atoms with Gasteiger partial charge < -0.3 is 0 Å². The average Bonchev–Trinajstić information content (AvgIpc) is 2.90. The Morgan fingerprint density at radius 3 is 2.94 bits per heavy atom. The van der Waals surface area contributed by atoms with E-state index in [2.05, 4.69) is 37.0 Å². The number of hydrogen-bond acceptors (Lipinski definition) is 2. The minimum Gasteiger partial charge on any atom is -0.244 e. The number of nitrogens with zero attached hydrogens (tertiary/aromatic N) is 3. The third-order valence-electron chi connectivity index (χ3n) is 3.38. The Hall–Kier alpha value is -0.900. The van der Waals surface area contributed by atoms with E-state index >= 15 is 0 Å². The van der Waals surface area contributed by atoms with E-state index in [0.29, 0.717) is 0 Å². The SMILES string of the molecule is Brc1ccc2nnn(CC3CCCC3)c2c1. The van der Waals surface area contributed by atoms with Crippen molar-refractivity contribution in [1.82, 2.24) is 15.0 Å². The molecule has 0 aliphatic heterocycles. The maximum atomic E-state index is 4.25. The van der Waals surface area contributed by atoms with E-state index in [-0.39, 0.29) is 0 Å². The van der Waals surface area contributed by atoms with E-state index in [0.717, 1.165) is 28.0 Å². The maximum Gasteiger partial charge on any atom is 0.113 e. The van der Waals surface area contributed by atoms with Crippen molar-refractivity contribution in [2.75, 3.05) is 0 Å². The van der Waals surface area contributed by atoms with Crippen molar-refractivity contribution in [3.05, 3.63) is 22.7 Å². The molecular weight excluding hydrogens is 266 g/mol. The molecule has 0 bridgehead atoms. The summed E-state index contributed by atoms with van der Waals surface area (Å²) in [6, 6.07) is 6.12. The maximum absolute atomic E-state index is 4.25. The molecule has 0 spiro atoms. The first-order valence-corrected chi connectivity index (χ1v) is 6.61. The zero-order valence-electron chi connectivity index (χ0n) is 9.06. The van der Waals surface area contributed by atoms with E-state index in [4.69, 9.17) is 0 Å². The normalized spacial score (nSPS) is 17.3. The molecule has 1 heterocycles. The first-order valence-electron chi connectivity index (χ1n) is 5.82. The van der Waals surface area contributed by atoms with Crippen molar-refractivity contribution in [2.45, 2.75) is 32.2 Å². The lowest BCUT2D eigenvalue weighted by molar-refractivity contribution is 0.430. The summed E-state index contributed by atoms with van der Waals surface area (Å²) in [5.74, 6) is 0.795. The summed E-state index contributed by atoms with van der Waals surface area (Å²) in [7, 11) is 0. The summed E-state index contributed by atoms with van der Waals surface area (Å²) in [5, 5.41) is 8.44. The van der Waals surface area contributed by atoms with Gasteiger partial charge in [-0.15, -0.1) is 5.10 Å². The highest BCUT2D eigenvalue weighted by Gasteiger charge is 2.17. The van der Waals surface area contributed by atoms with E-state index in [1.54, 1.807) is 0 Å². The van der Waals surface area contributed by atoms with Gasteiger partial charge in [-0.2, -0.15) is 0 Å². The number of hydrogen-bond donors (Lipinski definition) is 0. The zero-order chi connectivity index (χ0) is 11.0. The Labute approximate surface area is 103 Å². The number of halogens is 1. The summed E-state index contributed by atoms with van der Waals surface area (Å²) in [6.45, 7) is 1.02. The van der Waals surface area contributed by atoms with Crippen LogP contribution in [0.15, 0.2) is 22.7 Å². The smallest absolute Gasteiger partial charge is 0.113 e. The molecule has 2 aromatic rings. The van der Waals surface area contributed by atoms with Crippen molar-refractivity contribution in [3.63, 3.8) is 0 Å². The molecule has 1 aromatic carbocycles. The van der Waals surface area contributed by atoms with Gasteiger partial charge in [0.1, 0.15) is 5.52 Å². The molecule has 1 aliphatic rings. The van der Waals surface area contributed by atoms with Crippen LogP contribution in [0.25, 0.3) is 11.0 Å². The highest BCUT2D eigenvalue weighted by molar-refractivity contribution is 9.10. The number of benzene rings is 1. The topological polar surface area (TPSA) is 30.7 Å². The van der Waals surface area contributed by atoms with Gasteiger partial charge in [-0.3, -0.25) is 0 Å². The fourth-order valence-electron chi connectivity index (χ4n) is 2.51. The molecular formula is C12H14BrN3. The monoisotopic (exact) mass is 279 g/mol. The summed E-state index contributed by atoms with van der Waals surface area (Å²) in [5.41, 5.74) is 2.13. The van der Waals surface area contributed by atoms with Gasteiger partial charge in [-0.05, 0) is 37.0 Å². The van der Waals surface area contributed by atoms with Gasteiger partial charge in [0.25, 0.3) is 0 Å². The number of rotatable bonds is 2. The lowest BCUT2D eigenvalue weighted by Crippen LogP contribution is -2.08. The van der Waals surface area contributed by atoms with Crippen LogP contribution in [-0.2, 0) is 6.54 Å². The standard InChI is InChI=1S/C12H14BrN3/c13-10-5-6-11-12(7-10)16(15-14-11)8-9-3-1-2-4-9/h5-7,9H,1-4,8H2. The van der Waals surface area contributed by atoms with Crippen LogP contribution in [0.1, 0.15) is 25.7 Å². The minimum absolute atomic E-state index is 0.795. The van der Waals surface area contributed by atoms with Gasteiger partial charge in [0, 0.05) is 11.0 Å². The van der Waals surface area contributed by atoms with Crippen molar-refractivity contribution < 1.29 is 0 Å². The molecule has 3 rings (SSSR count). The quantitative estimate of drug-likeness (QED) is 0.844. The van der Waals surface area contributed by atoms with Crippen LogP contribution in [0.5, 0.6) is 0 Å². The summed E-state index contributed by atoms with van der Waals surface area (Å²) < 4.78 is 3.14. The number of fused-ring (bicyclic) bond motifs is 1. The molecule has 1 aliphatic carbocycles. The third-order valence-corrected chi connectivity index (χ3v) is 3.88. The largest absolute Gasteiger partial charge is 0.244 e. The van der Waals surface area contributed by atoms with Crippen molar-refractivity contribution in [3.8, 4) is 0 Å². The predicted octanol–water partition coefficient (Wildman–Crippen LogP) is 3.38. The molecule has 0 atom stereocenters. The van der Waals surface area contributed by atoms with Gasteiger partial charge in [-0.25, -0.2) is 4.68 Å². The van der Waals surface area contributed by atoms with Gasteiger partial charge >= 0.3 is 0 Å². The molecule has 0 saturated heterocycles. The zero-order valence-corrected chi connectivity index (χ0v) is 10.7. The van der Waals surface area contributed by atoms with Gasteiger partial charge in [0.05, 0.1) is 5.52 Å². The Bertz CT molecular complexity index is 500. The fourth-order valence-corrected chi connectivity index (χ4v) is 2.86. The fraction of sp³-hybridized carbons (Fsp3) is 0.500. The lowest BCUT2D eigenvalue weighted by Gasteiger charge is -2.08. The molecule has 0 radical (unpaired) electrons. The van der Waals surface area contributed by atoms with E-state index in [1.807, 2.05) is 12.1 Å². The van der Waals surface area contributed by atoms with Crippen LogP contribution in [0.3, 0.4) is 0 Å². The van der Waals surface area contributed by atoms with Crippen molar-refractivity contribution >= 4 is 27.0 Å².